The third-order valence-electron chi connectivity index (χ3n) is 2.34. The van der Waals surface area contributed by atoms with Gasteiger partial charge in [0.25, 0.3) is 5.69 Å². The van der Waals surface area contributed by atoms with Crippen LogP contribution in [0.2, 0.25) is 0 Å². The van der Waals surface area contributed by atoms with E-state index in [1.807, 2.05) is 0 Å². The number of nitro benzene ring substituents is 1. The fourth-order valence-corrected chi connectivity index (χ4v) is 1.91. The average molecular weight is 273 g/mol. The van der Waals surface area contributed by atoms with Gasteiger partial charge in [-0.3, -0.25) is 10.1 Å². The summed E-state index contributed by atoms with van der Waals surface area (Å²) in [4.78, 5) is 12.2. The Balaban J connectivity index is 2.34. The Hall–Kier alpha value is -1.14. The van der Waals surface area contributed by atoms with E-state index >= 15 is 0 Å². The second-order valence-corrected chi connectivity index (χ2v) is 4.36. The first-order chi connectivity index (χ1) is 7.08. The van der Waals surface area contributed by atoms with E-state index < -0.39 is 4.92 Å². The highest BCUT2D eigenvalue weighted by atomic mass is 79.9. The van der Waals surface area contributed by atoms with Crippen LogP contribution in [-0.2, 0) is 0 Å². The van der Waals surface area contributed by atoms with Gasteiger partial charge in [0.05, 0.1) is 11.0 Å². The first kappa shape index (κ1) is 10.4. The van der Waals surface area contributed by atoms with E-state index in [1.54, 1.807) is 17.0 Å². The van der Waals surface area contributed by atoms with Gasteiger partial charge in [0.2, 0.25) is 0 Å². The monoisotopic (exact) mass is 272 g/mol. The normalized spacial score (nSPS) is 16.3. The fourth-order valence-electron chi connectivity index (χ4n) is 1.56. The molecule has 0 aromatic heterocycles. The Morgan fingerprint density at radius 3 is 2.73 bits per heavy atom. The predicted molar refractivity (Wildman–Crippen MR) is 59.0 cm³/mol. The van der Waals surface area contributed by atoms with Gasteiger partial charge in [-0.2, -0.15) is 0 Å². The predicted octanol–water partition coefficient (Wildman–Crippen LogP) is 1.54. The van der Waals surface area contributed by atoms with E-state index in [-0.39, 0.29) is 11.8 Å². The molecule has 2 rings (SSSR count). The van der Waals surface area contributed by atoms with Gasteiger partial charge in [0, 0.05) is 23.6 Å². The lowest BCUT2D eigenvalue weighted by Gasteiger charge is -2.37. The number of rotatable bonds is 2. The number of nitrogens with zero attached hydrogens (tertiary/aromatic N) is 2. The molecule has 0 bridgehead atoms. The second-order valence-electron chi connectivity index (χ2n) is 3.45. The van der Waals surface area contributed by atoms with E-state index in [0.717, 1.165) is 0 Å². The zero-order valence-electron chi connectivity index (χ0n) is 7.76. The highest BCUT2D eigenvalue weighted by molar-refractivity contribution is 9.10. The van der Waals surface area contributed by atoms with Crippen molar-refractivity contribution in [2.75, 3.05) is 18.0 Å². The molecule has 0 radical (unpaired) electrons. The number of hydrogen-bond donors (Lipinski definition) is 1. The van der Waals surface area contributed by atoms with Gasteiger partial charge in [0.1, 0.15) is 5.69 Å². The van der Waals surface area contributed by atoms with Crippen LogP contribution in [0, 0.1) is 10.1 Å². The van der Waals surface area contributed by atoms with Crippen LogP contribution in [-0.4, -0.2) is 29.2 Å². The number of nitro groups is 1. The smallest absolute Gasteiger partial charge is 0.293 e. The molecule has 1 saturated heterocycles. The molecule has 15 heavy (non-hydrogen) atoms. The van der Waals surface area contributed by atoms with Crippen molar-refractivity contribution in [1.82, 2.24) is 0 Å². The van der Waals surface area contributed by atoms with Crippen LogP contribution < -0.4 is 4.90 Å². The molecule has 1 aromatic carbocycles. The third kappa shape index (κ3) is 1.95. The summed E-state index contributed by atoms with van der Waals surface area (Å²) in [5.74, 6) is 0. The zero-order chi connectivity index (χ0) is 11.0. The molecule has 6 heteroatoms. The van der Waals surface area contributed by atoms with E-state index in [2.05, 4.69) is 15.9 Å². The maximum atomic E-state index is 10.8. The summed E-state index contributed by atoms with van der Waals surface area (Å²) in [5.41, 5.74) is 0.629. The molecule has 0 aliphatic carbocycles. The standard InChI is InChI=1S/C9H9BrN2O3/c10-6-1-2-8(9(3-6)12(14)15)11-4-7(13)5-11/h1-3,7,13H,4-5H2. The molecule has 1 aliphatic heterocycles. The van der Waals surface area contributed by atoms with Crippen LogP contribution in [0.5, 0.6) is 0 Å². The third-order valence-corrected chi connectivity index (χ3v) is 2.83. The second kappa shape index (κ2) is 3.79. The number of halogens is 1. The molecule has 0 amide bonds. The summed E-state index contributed by atoms with van der Waals surface area (Å²) in [6.45, 7) is 0.922. The molecular weight excluding hydrogens is 264 g/mol. The minimum absolute atomic E-state index is 0.0660. The molecule has 1 heterocycles. The highest BCUT2D eigenvalue weighted by Gasteiger charge is 2.29. The molecule has 0 spiro atoms. The van der Waals surface area contributed by atoms with Crippen LogP contribution in [0.15, 0.2) is 22.7 Å². The van der Waals surface area contributed by atoms with Crippen molar-refractivity contribution in [2.24, 2.45) is 0 Å². The number of aliphatic hydroxyl groups excluding tert-OH is 1. The Morgan fingerprint density at radius 2 is 2.20 bits per heavy atom. The fraction of sp³-hybridized carbons (Fsp3) is 0.333. The number of β-amino-alcohol motifs (C(OH)–C–C–N with tert-alkyl or cyclic N) is 1. The van der Waals surface area contributed by atoms with Crippen LogP contribution in [0.3, 0.4) is 0 Å². The Labute approximate surface area is 94.6 Å². The average Bonchev–Trinajstić information content (AvgIpc) is 2.13. The first-order valence-electron chi connectivity index (χ1n) is 4.45. The first-order valence-corrected chi connectivity index (χ1v) is 5.24. The molecule has 1 aromatic rings. The molecule has 0 unspecified atom stereocenters. The van der Waals surface area contributed by atoms with Gasteiger partial charge in [0.15, 0.2) is 0 Å². The number of benzene rings is 1. The summed E-state index contributed by atoms with van der Waals surface area (Å²) >= 11 is 3.19. The number of aliphatic hydroxyl groups is 1. The molecule has 0 saturated carbocycles. The molecule has 5 nitrogen and oxygen atoms in total. The molecule has 1 aliphatic rings. The topological polar surface area (TPSA) is 66.6 Å². The number of anilines is 1. The molecule has 80 valence electrons. The van der Waals surface area contributed by atoms with Crippen molar-refractivity contribution in [2.45, 2.75) is 6.10 Å². The van der Waals surface area contributed by atoms with Gasteiger partial charge in [-0.15, -0.1) is 0 Å². The van der Waals surface area contributed by atoms with Crippen molar-refractivity contribution < 1.29 is 10.0 Å². The minimum atomic E-state index is -0.412. The summed E-state index contributed by atoms with van der Waals surface area (Å²) < 4.78 is 0.680. The van der Waals surface area contributed by atoms with Gasteiger partial charge in [-0.25, -0.2) is 0 Å². The quantitative estimate of drug-likeness (QED) is 0.655. The van der Waals surface area contributed by atoms with Crippen molar-refractivity contribution in [3.63, 3.8) is 0 Å². The largest absolute Gasteiger partial charge is 0.389 e. The lowest BCUT2D eigenvalue weighted by atomic mass is 10.1. The molecule has 1 N–H and O–H groups in total. The van der Waals surface area contributed by atoms with E-state index in [1.165, 1.54) is 6.07 Å². The van der Waals surface area contributed by atoms with Gasteiger partial charge in [-0.05, 0) is 12.1 Å². The highest BCUT2D eigenvalue weighted by Crippen LogP contribution is 2.33. The molecular formula is C9H9BrN2O3. The van der Waals surface area contributed by atoms with Crippen LogP contribution >= 0.6 is 15.9 Å². The van der Waals surface area contributed by atoms with E-state index in [9.17, 15) is 10.1 Å². The van der Waals surface area contributed by atoms with Gasteiger partial charge in [-0.1, -0.05) is 15.9 Å². The summed E-state index contributed by atoms with van der Waals surface area (Å²) in [7, 11) is 0. The maximum absolute atomic E-state index is 10.8. The van der Waals surface area contributed by atoms with Crippen molar-refractivity contribution in [3.8, 4) is 0 Å². The van der Waals surface area contributed by atoms with E-state index in [4.69, 9.17) is 5.11 Å². The van der Waals surface area contributed by atoms with E-state index in [0.29, 0.717) is 23.2 Å². The minimum Gasteiger partial charge on any atom is -0.389 e. The van der Waals surface area contributed by atoms with Gasteiger partial charge < -0.3 is 10.0 Å². The summed E-state index contributed by atoms with van der Waals surface area (Å²) in [5, 5.41) is 19.9. The number of hydrogen-bond acceptors (Lipinski definition) is 4. The van der Waals surface area contributed by atoms with Crippen molar-refractivity contribution in [3.05, 3.63) is 32.8 Å². The Kier molecular flexibility index (Phi) is 2.62. The summed E-state index contributed by atoms with van der Waals surface area (Å²) in [6.07, 6.45) is -0.367. The van der Waals surface area contributed by atoms with Crippen LogP contribution in [0.4, 0.5) is 11.4 Å². The van der Waals surface area contributed by atoms with Crippen LogP contribution in [0.25, 0.3) is 0 Å². The lowest BCUT2D eigenvalue weighted by Crippen LogP contribution is -2.51. The van der Waals surface area contributed by atoms with Crippen LogP contribution in [0.1, 0.15) is 0 Å². The lowest BCUT2D eigenvalue weighted by molar-refractivity contribution is -0.384. The molecule has 0 atom stereocenters. The van der Waals surface area contributed by atoms with Gasteiger partial charge >= 0.3 is 0 Å². The SMILES string of the molecule is O=[N+]([O-])c1cc(Br)ccc1N1CC(O)C1. The molecule has 1 fully saturated rings. The Bertz CT molecular complexity index is 404. The Morgan fingerprint density at radius 1 is 1.53 bits per heavy atom. The summed E-state index contributed by atoms with van der Waals surface area (Å²) in [6, 6.07) is 4.92. The van der Waals surface area contributed by atoms with Crippen molar-refractivity contribution >= 4 is 27.3 Å². The van der Waals surface area contributed by atoms with Crippen molar-refractivity contribution in [1.29, 1.82) is 0 Å². The zero-order valence-corrected chi connectivity index (χ0v) is 9.35. The maximum Gasteiger partial charge on any atom is 0.293 e.